The molecule has 0 aliphatic carbocycles. The molecule has 2 aromatic rings. The summed E-state index contributed by atoms with van der Waals surface area (Å²) in [6, 6.07) is 12.8. The molecule has 3 amide bonds. The van der Waals surface area contributed by atoms with Crippen LogP contribution < -0.4 is 10.7 Å². The zero-order chi connectivity index (χ0) is 25.0. The molecule has 1 aliphatic heterocycles. The topological polar surface area (TPSA) is 105 Å². The molecule has 3 rings (SSSR count). The SMILES string of the molecule is Cc1ccc(NC(=O)COC(=O)[C@@H]2CC(=O)N(NC(=O)c3ccc(C(C)(C)C)cc3)C2)c(C)c1. The second-order valence-corrected chi connectivity index (χ2v) is 9.65. The average molecular weight is 466 g/mol. The number of anilines is 1. The Labute approximate surface area is 199 Å². The molecule has 8 nitrogen and oxygen atoms in total. The van der Waals surface area contributed by atoms with Gasteiger partial charge in [0.15, 0.2) is 6.61 Å². The molecule has 0 bridgehead atoms. The van der Waals surface area contributed by atoms with Gasteiger partial charge in [0.1, 0.15) is 0 Å². The number of carbonyl (C=O) groups excluding carboxylic acids is 4. The van der Waals surface area contributed by atoms with Crippen LogP contribution in [0.1, 0.15) is 54.2 Å². The van der Waals surface area contributed by atoms with Gasteiger partial charge in [0.2, 0.25) is 5.91 Å². The van der Waals surface area contributed by atoms with Gasteiger partial charge in [0.05, 0.1) is 12.5 Å². The van der Waals surface area contributed by atoms with E-state index in [0.29, 0.717) is 11.3 Å². The summed E-state index contributed by atoms with van der Waals surface area (Å²) in [7, 11) is 0. The van der Waals surface area contributed by atoms with Gasteiger partial charge < -0.3 is 10.1 Å². The molecule has 0 unspecified atom stereocenters. The maximum Gasteiger partial charge on any atom is 0.311 e. The van der Waals surface area contributed by atoms with Crippen LogP contribution in [0.5, 0.6) is 0 Å². The molecule has 0 aromatic heterocycles. The first-order valence-corrected chi connectivity index (χ1v) is 11.2. The van der Waals surface area contributed by atoms with Gasteiger partial charge in [-0.2, -0.15) is 0 Å². The summed E-state index contributed by atoms with van der Waals surface area (Å²) in [5, 5.41) is 3.83. The van der Waals surface area contributed by atoms with Gasteiger partial charge in [0.25, 0.3) is 11.8 Å². The quantitative estimate of drug-likeness (QED) is 0.637. The molecule has 0 saturated carbocycles. The standard InChI is InChI=1S/C26H31N3O5/c1-16-6-11-21(17(2)12-16)27-22(30)15-34-25(33)19-13-23(31)29(14-19)28-24(32)18-7-9-20(10-8-18)26(3,4)5/h6-12,19H,13-15H2,1-5H3,(H,27,30)(H,28,32)/t19-/m1/s1. The number of nitrogens with one attached hydrogen (secondary N) is 2. The fourth-order valence-electron chi connectivity index (χ4n) is 3.68. The molecule has 8 heteroatoms. The lowest BCUT2D eigenvalue weighted by Crippen LogP contribution is -2.43. The third-order valence-electron chi connectivity index (χ3n) is 5.71. The lowest BCUT2D eigenvalue weighted by molar-refractivity contribution is -0.151. The summed E-state index contributed by atoms with van der Waals surface area (Å²) >= 11 is 0. The van der Waals surface area contributed by atoms with Crippen molar-refractivity contribution in [2.24, 2.45) is 5.92 Å². The van der Waals surface area contributed by atoms with E-state index in [2.05, 4.69) is 31.5 Å². The molecule has 0 radical (unpaired) electrons. The highest BCUT2D eigenvalue weighted by Crippen LogP contribution is 2.23. The van der Waals surface area contributed by atoms with Crippen molar-refractivity contribution < 1.29 is 23.9 Å². The Kier molecular flexibility index (Phi) is 7.39. The van der Waals surface area contributed by atoms with Gasteiger partial charge in [-0.1, -0.05) is 50.6 Å². The number of hydrogen-bond donors (Lipinski definition) is 2. The number of benzene rings is 2. The molecule has 2 N–H and O–H groups in total. The number of rotatable bonds is 6. The number of hydrazine groups is 1. The summed E-state index contributed by atoms with van der Waals surface area (Å²) in [6.45, 7) is 9.61. The van der Waals surface area contributed by atoms with Gasteiger partial charge in [-0.05, 0) is 48.6 Å². The van der Waals surface area contributed by atoms with E-state index in [4.69, 9.17) is 4.74 Å². The number of esters is 1. The summed E-state index contributed by atoms with van der Waals surface area (Å²) in [5.74, 6) is -2.70. The Hall–Kier alpha value is -3.68. The number of carbonyl (C=O) groups is 4. The van der Waals surface area contributed by atoms with E-state index in [-0.39, 0.29) is 24.3 Å². The van der Waals surface area contributed by atoms with E-state index in [1.54, 1.807) is 18.2 Å². The molecule has 0 spiro atoms. The molecule has 1 fully saturated rings. The smallest absolute Gasteiger partial charge is 0.311 e. The molecule has 1 saturated heterocycles. The number of hydrogen-bond acceptors (Lipinski definition) is 5. The van der Waals surface area contributed by atoms with E-state index >= 15 is 0 Å². The molecule has 34 heavy (non-hydrogen) atoms. The van der Waals surface area contributed by atoms with Crippen molar-refractivity contribution in [1.29, 1.82) is 0 Å². The Bertz CT molecular complexity index is 1100. The highest BCUT2D eigenvalue weighted by Gasteiger charge is 2.36. The van der Waals surface area contributed by atoms with Gasteiger partial charge in [0, 0.05) is 17.7 Å². The Morgan fingerprint density at radius 2 is 1.74 bits per heavy atom. The van der Waals surface area contributed by atoms with Crippen LogP contribution in [0.25, 0.3) is 0 Å². The maximum atomic E-state index is 12.5. The zero-order valence-electron chi connectivity index (χ0n) is 20.2. The first-order valence-electron chi connectivity index (χ1n) is 11.2. The van der Waals surface area contributed by atoms with Crippen LogP contribution in [0.15, 0.2) is 42.5 Å². The monoisotopic (exact) mass is 465 g/mol. The third kappa shape index (κ3) is 6.21. The van der Waals surface area contributed by atoms with Crippen LogP contribution in [0.2, 0.25) is 0 Å². The van der Waals surface area contributed by atoms with E-state index < -0.39 is 30.3 Å². The number of ether oxygens (including phenoxy) is 1. The summed E-state index contributed by atoms with van der Waals surface area (Å²) in [6.07, 6.45) is -0.0965. The van der Waals surface area contributed by atoms with Crippen molar-refractivity contribution in [2.45, 2.75) is 46.5 Å². The predicted octanol–water partition coefficient (Wildman–Crippen LogP) is 3.28. The Morgan fingerprint density at radius 1 is 1.06 bits per heavy atom. The molecule has 1 aliphatic rings. The zero-order valence-corrected chi connectivity index (χ0v) is 20.2. The molecule has 180 valence electrons. The van der Waals surface area contributed by atoms with Gasteiger partial charge >= 0.3 is 5.97 Å². The van der Waals surface area contributed by atoms with Crippen molar-refractivity contribution in [3.63, 3.8) is 0 Å². The lowest BCUT2D eigenvalue weighted by Gasteiger charge is -2.20. The van der Waals surface area contributed by atoms with Crippen LogP contribution in [-0.4, -0.2) is 41.9 Å². The number of nitrogens with zero attached hydrogens (tertiary/aromatic N) is 1. The van der Waals surface area contributed by atoms with Gasteiger partial charge in [-0.3, -0.25) is 29.6 Å². The molecule has 1 atom stereocenters. The molecular formula is C26H31N3O5. The first-order chi connectivity index (χ1) is 15.9. The molecule has 1 heterocycles. The minimum Gasteiger partial charge on any atom is -0.455 e. The van der Waals surface area contributed by atoms with Crippen molar-refractivity contribution in [3.8, 4) is 0 Å². The van der Waals surface area contributed by atoms with Crippen molar-refractivity contribution in [1.82, 2.24) is 10.4 Å². The summed E-state index contributed by atoms with van der Waals surface area (Å²) in [5.41, 5.74) is 6.64. The van der Waals surface area contributed by atoms with Crippen LogP contribution >= 0.6 is 0 Å². The Morgan fingerprint density at radius 3 is 2.35 bits per heavy atom. The van der Waals surface area contributed by atoms with Gasteiger partial charge in [-0.25, -0.2) is 0 Å². The van der Waals surface area contributed by atoms with Gasteiger partial charge in [-0.15, -0.1) is 0 Å². The van der Waals surface area contributed by atoms with E-state index in [1.807, 2.05) is 38.1 Å². The highest BCUT2D eigenvalue weighted by atomic mass is 16.5. The highest BCUT2D eigenvalue weighted by molar-refractivity contribution is 5.97. The predicted molar refractivity (Wildman–Crippen MR) is 128 cm³/mol. The third-order valence-corrected chi connectivity index (χ3v) is 5.71. The Balaban J connectivity index is 1.50. The van der Waals surface area contributed by atoms with Crippen molar-refractivity contribution in [2.75, 3.05) is 18.5 Å². The second kappa shape index (κ2) is 10.1. The number of amides is 3. The largest absolute Gasteiger partial charge is 0.455 e. The van der Waals surface area contributed by atoms with E-state index in [0.717, 1.165) is 21.7 Å². The number of aryl methyl sites for hydroxylation is 2. The van der Waals surface area contributed by atoms with Crippen LogP contribution in [0, 0.1) is 19.8 Å². The molecule has 2 aromatic carbocycles. The second-order valence-electron chi connectivity index (χ2n) is 9.65. The lowest BCUT2D eigenvalue weighted by atomic mass is 9.87. The minimum absolute atomic E-state index is 0.0117. The fraction of sp³-hybridized carbons (Fsp3) is 0.385. The summed E-state index contributed by atoms with van der Waals surface area (Å²) in [4.78, 5) is 49.4. The average Bonchev–Trinajstić information content (AvgIpc) is 3.13. The summed E-state index contributed by atoms with van der Waals surface area (Å²) < 4.78 is 5.11. The normalized spacial score (nSPS) is 15.7. The van der Waals surface area contributed by atoms with Crippen molar-refractivity contribution in [3.05, 3.63) is 64.7 Å². The van der Waals surface area contributed by atoms with Crippen LogP contribution in [0.3, 0.4) is 0 Å². The fourth-order valence-corrected chi connectivity index (χ4v) is 3.68. The van der Waals surface area contributed by atoms with Crippen LogP contribution in [0.4, 0.5) is 5.69 Å². The first kappa shape index (κ1) is 25.0. The maximum absolute atomic E-state index is 12.5. The molecular weight excluding hydrogens is 434 g/mol. The minimum atomic E-state index is -0.759. The van der Waals surface area contributed by atoms with Crippen molar-refractivity contribution >= 4 is 29.4 Å². The van der Waals surface area contributed by atoms with Crippen LogP contribution in [-0.2, 0) is 24.5 Å². The van der Waals surface area contributed by atoms with E-state index in [9.17, 15) is 19.2 Å². The van der Waals surface area contributed by atoms with E-state index in [1.165, 1.54) is 0 Å².